The Kier molecular flexibility index (Phi) is 6.41. The molecule has 0 unspecified atom stereocenters. The zero-order valence-electron chi connectivity index (χ0n) is 17.8. The van der Waals surface area contributed by atoms with Crippen LogP contribution in [0.3, 0.4) is 0 Å². The van der Waals surface area contributed by atoms with Crippen molar-refractivity contribution in [3.63, 3.8) is 0 Å². The zero-order chi connectivity index (χ0) is 23.8. The van der Waals surface area contributed by atoms with Crippen LogP contribution < -0.4 is 11.1 Å². The first-order valence-corrected chi connectivity index (χ1v) is 12.2. The van der Waals surface area contributed by atoms with Crippen molar-refractivity contribution in [2.24, 2.45) is 5.41 Å². The number of nitriles is 1. The molecular formula is C21H21Cl2N6O3P. The van der Waals surface area contributed by atoms with Crippen LogP contribution in [0.4, 0.5) is 11.6 Å². The predicted octanol–water partition coefficient (Wildman–Crippen LogP) is 5.42. The second kappa shape index (κ2) is 8.98. The minimum atomic E-state index is -4.01. The van der Waals surface area contributed by atoms with Crippen LogP contribution in [0.25, 0.3) is 0 Å². The van der Waals surface area contributed by atoms with Crippen LogP contribution in [-0.4, -0.2) is 21.1 Å². The molecule has 172 valence electrons. The quantitative estimate of drug-likeness (QED) is 0.346. The first-order chi connectivity index (χ1) is 15.6. The highest BCUT2D eigenvalue weighted by atomic mass is 35.5. The van der Waals surface area contributed by atoms with Gasteiger partial charge in [-0.3, -0.25) is 9.05 Å². The van der Waals surface area contributed by atoms with Crippen LogP contribution in [0, 0.1) is 16.7 Å². The van der Waals surface area contributed by atoms with E-state index in [0.29, 0.717) is 16.7 Å². The smallest absolute Gasteiger partial charge is 0.382 e. The molecule has 2 aromatic heterocycles. The summed E-state index contributed by atoms with van der Waals surface area (Å²) in [5, 5.41) is 17.9. The molecule has 3 N–H and O–H groups in total. The van der Waals surface area contributed by atoms with Crippen LogP contribution in [0.15, 0.2) is 42.6 Å². The summed E-state index contributed by atoms with van der Waals surface area (Å²) >= 11 is 11.8. The Labute approximate surface area is 201 Å². The van der Waals surface area contributed by atoms with Crippen LogP contribution in [0.5, 0.6) is 0 Å². The average molecular weight is 507 g/mol. The largest absolute Gasteiger partial charge is 0.457 e. The molecule has 0 amide bonds. The Bertz CT molecular complexity index is 1250. The SMILES string of the molecule is CC1(C)CO[P@@](=O)(n2nc(NCc3ccc(Cl)nc3)c(C#N)c2N)O[C@H]1c1ccc(Cl)cc1. The molecule has 1 aromatic carbocycles. The fourth-order valence-electron chi connectivity index (χ4n) is 3.42. The topological polar surface area (TPSA) is 128 Å². The van der Waals surface area contributed by atoms with Crippen molar-refractivity contribution in [3.05, 3.63) is 69.5 Å². The zero-order valence-corrected chi connectivity index (χ0v) is 20.2. The number of anilines is 2. The molecule has 1 fully saturated rings. The minimum Gasteiger partial charge on any atom is -0.382 e. The van der Waals surface area contributed by atoms with E-state index in [0.717, 1.165) is 15.6 Å². The van der Waals surface area contributed by atoms with Crippen molar-refractivity contribution in [2.45, 2.75) is 26.5 Å². The normalized spacial score (nSPS) is 22.0. The fraction of sp³-hybridized carbons (Fsp3) is 0.286. The third kappa shape index (κ3) is 4.72. The summed E-state index contributed by atoms with van der Waals surface area (Å²) in [4.78, 5) is 4.01. The number of nitrogen functional groups attached to an aromatic ring is 1. The second-order valence-electron chi connectivity index (χ2n) is 8.22. The number of aromatic nitrogens is 3. The minimum absolute atomic E-state index is 0.0345. The first-order valence-electron chi connectivity index (χ1n) is 9.95. The molecule has 1 aliphatic rings. The summed E-state index contributed by atoms with van der Waals surface area (Å²) in [5.74, 6) is 0.0346. The van der Waals surface area contributed by atoms with Gasteiger partial charge in [0, 0.05) is 23.2 Å². The number of hydrogen-bond donors (Lipinski definition) is 2. The van der Waals surface area contributed by atoms with Gasteiger partial charge in [-0.15, -0.1) is 9.55 Å². The predicted molar refractivity (Wildman–Crippen MR) is 126 cm³/mol. The Hall–Kier alpha value is -2.60. The summed E-state index contributed by atoms with van der Waals surface area (Å²) in [5.41, 5.74) is 7.28. The van der Waals surface area contributed by atoms with Crippen molar-refractivity contribution >= 4 is 42.6 Å². The van der Waals surface area contributed by atoms with E-state index in [1.807, 2.05) is 32.0 Å². The molecule has 3 heterocycles. The summed E-state index contributed by atoms with van der Waals surface area (Å²) in [7, 11) is -4.01. The molecule has 2 atom stereocenters. The Morgan fingerprint density at radius 3 is 2.67 bits per heavy atom. The molecular weight excluding hydrogens is 486 g/mol. The maximum absolute atomic E-state index is 13.8. The summed E-state index contributed by atoms with van der Waals surface area (Å²) in [6.45, 7) is 4.30. The second-order valence-corrected chi connectivity index (χ2v) is 10.8. The van der Waals surface area contributed by atoms with Gasteiger partial charge in [0.05, 0.1) is 6.61 Å². The molecule has 0 bridgehead atoms. The number of pyridine rings is 1. The number of hydrogen-bond acceptors (Lipinski definition) is 8. The molecule has 12 heteroatoms. The maximum atomic E-state index is 13.8. The lowest BCUT2D eigenvalue weighted by molar-refractivity contribution is -0.0304. The van der Waals surface area contributed by atoms with Gasteiger partial charge in [-0.2, -0.15) is 5.26 Å². The van der Waals surface area contributed by atoms with Gasteiger partial charge in [-0.25, -0.2) is 9.55 Å². The third-order valence-corrected chi connectivity index (χ3v) is 7.39. The molecule has 3 aromatic rings. The Morgan fingerprint density at radius 2 is 2.03 bits per heavy atom. The molecule has 0 spiro atoms. The highest BCUT2D eigenvalue weighted by Crippen LogP contribution is 2.62. The average Bonchev–Trinajstić information content (AvgIpc) is 3.12. The molecule has 0 saturated carbocycles. The third-order valence-electron chi connectivity index (χ3n) is 5.22. The number of nitrogens with zero attached hydrogens (tertiary/aromatic N) is 4. The molecule has 9 nitrogen and oxygen atoms in total. The van der Waals surface area contributed by atoms with Crippen molar-refractivity contribution in [3.8, 4) is 6.07 Å². The van der Waals surface area contributed by atoms with E-state index in [1.54, 1.807) is 30.5 Å². The number of nitrogens with two attached hydrogens (primary N) is 1. The lowest BCUT2D eigenvalue weighted by Crippen LogP contribution is -2.34. The van der Waals surface area contributed by atoms with E-state index in [9.17, 15) is 9.83 Å². The van der Waals surface area contributed by atoms with Crippen LogP contribution in [-0.2, 0) is 20.2 Å². The molecule has 1 aliphatic heterocycles. The van der Waals surface area contributed by atoms with Crippen LogP contribution >= 0.6 is 30.9 Å². The molecule has 1 saturated heterocycles. The van der Waals surface area contributed by atoms with Gasteiger partial charge < -0.3 is 11.1 Å². The summed E-state index contributed by atoms with van der Waals surface area (Å²) in [6.07, 6.45) is 1.01. The van der Waals surface area contributed by atoms with Crippen molar-refractivity contribution in [1.29, 1.82) is 5.26 Å². The van der Waals surface area contributed by atoms with E-state index in [4.69, 9.17) is 38.0 Å². The van der Waals surface area contributed by atoms with Gasteiger partial charge in [-0.05, 0) is 29.3 Å². The lowest BCUT2D eigenvalue weighted by atomic mass is 9.83. The summed E-state index contributed by atoms with van der Waals surface area (Å²) < 4.78 is 26.4. The van der Waals surface area contributed by atoms with Crippen molar-refractivity contribution in [2.75, 3.05) is 17.7 Å². The first kappa shape index (κ1) is 23.6. The van der Waals surface area contributed by atoms with Gasteiger partial charge in [0.1, 0.15) is 22.9 Å². The van der Waals surface area contributed by atoms with Gasteiger partial charge in [0.15, 0.2) is 11.6 Å². The van der Waals surface area contributed by atoms with Crippen molar-refractivity contribution in [1.82, 2.24) is 14.5 Å². The van der Waals surface area contributed by atoms with Gasteiger partial charge >= 0.3 is 7.75 Å². The molecule has 4 rings (SSSR count). The highest BCUT2D eigenvalue weighted by Gasteiger charge is 2.48. The van der Waals surface area contributed by atoms with Crippen LogP contribution in [0.2, 0.25) is 10.2 Å². The number of nitrogens with one attached hydrogen (secondary N) is 1. The maximum Gasteiger partial charge on any atom is 0.457 e. The van der Waals surface area contributed by atoms with E-state index < -0.39 is 19.3 Å². The van der Waals surface area contributed by atoms with E-state index in [2.05, 4.69) is 15.4 Å². The van der Waals surface area contributed by atoms with Gasteiger partial charge in [0.25, 0.3) is 0 Å². The highest BCUT2D eigenvalue weighted by molar-refractivity contribution is 7.52. The Balaban J connectivity index is 1.64. The molecule has 33 heavy (non-hydrogen) atoms. The van der Waals surface area contributed by atoms with Crippen LogP contribution in [0.1, 0.15) is 36.6 Å². The number of rotatable bonds is 5. The summed E-state index contributed by atoms with van der Waals surface area (Å²) in [6, 6.07) is 12.5. The monoisotopic (exact) mass is 506 g/mol. The molecule has 0 radical (unpaired) electrons. The lowest BCUT2D eigenvalue weighted by Gasteiger charge is -2.41. The number of halogens is 2. The van der Waals surface area contributed by atoms with E-state index in [-0.39, 0.29) is 23.8 Å². The van der Waals surface area contributed by atoms with Gasteiger partial charge in [-0.1, -0.05) is 55.2 Å². The Morgan fingerprint density at radius 1 is 1.30 bits per heavy atom. The molecule has 0 aliphatic carbocycles. The number of benzene rings is 1. The van der Waals surface area contributed by atoms with E-state index >= 15 is 0 Å². The standard InChI is InChI=1S/C21H21Cl2N6O3P/c1-21(2)12-31-33(30,32-18(21)14-4-6-15(22)7-5-14)29-19(25)16(9-24)20(28-29)27-11-13-3-8-17(23)26-10-13/h3-8,10,18H,11-12,25H2,1-2H3,(H,27,28)/t18-,33-/m0/s1. The van der Waals surface area contributed by atoms with Gasteiger partial charge in [0.2, 0.25) is 0 Å². The fourth-order valence-corrected chi connectivity index (χ4v) is 5.65. The van der Waals surface area contributed by atoms with Crippen molar-refractivity contribution < 1.29 is 13.6 Å². The van der Waals surface area contributed by atoms with E-state index in [1.165, 1.54) is 0 Å².